The molecule has 0 spiro atoms. The van der Waals surface area contributed by atoms with Gasteiger partial charge in [0.15, 0.2) is 0 Å². The third kappa shape index (κ3) is 4.24. The molecular weight excluding hydrogens is 358 g/mol. The summed E-state index contributed by atoms with van der Waals surface area (Å²) in [6.07, 6.45) is 1.51. The number of rotatable bonds is 5. The number of hydrogen-bond acceptors (Lipinski definition) is 7. The van der Waals surface area contributed by atoms with Crippen LogP contribution in [0.1, 0.15) is 22.8 Å². The molecule has 2 atom stereocenters. The van der Waals surface area contributed by atoms with E-state index < -0.39 is 6.10 Å². The minimum Gasteiger partial charge on any atom is -0.419 e. The monoisotopic (exact) mass is 379 g/mol. The summed E-state index contributed by atoms with van der Waals surface area (Å²) in [5, 5.41) is 21.5. The Labute approximate surface area is 162 Å². The molecule has 8 nitrogen and oxygen atoms in total. The Balaban J connectivity index is 1.32. The van der Waals surface area contributed by atoms with E-state index in [0.29, 0.717) is 43.5 Å². The van der Waals surface area contributed by atoms with E-state index in [1.165, 1.54) is 0 Å². The van der Waals surface area contributed by atoms with Crippen molar-refractivity contribution in [3.8, 4) is 11.5 Å². The van der Waals surface area contributed by atoms with Crippen LogP contribution in [0.5, 0.6) is 0 Å². The summed E-state index contributed by atoms with van der Waals surface area (Å²) in [7, 11) is 0. The van der Waals surface area contributed by atoms with Gasteiger partial charge in [0.2, 0.25) is 11.8 Å². The van der Waals surface area contributed by atoms with Gasteiger partial charge in [-0.15, -0.1) is 10.2 Å². The highest BCUT2D eigenvalue weighted by Crippen LogP contribution is 2.19. The molecule has 1 fully saturated rings. The summed E-state index contributed by atoms with van der Waals surface area (Å²) in [5.74, 6) is 0.707. The van der Waals surface area contributed by atoms with E-state index >= 15 is 0 Å². The quantitative estimate of drug-likeness (QED) is 0.692. The lowest BCUT2D eigenvalue weighted by Crippen LogP contribution is -2.53. The molecule has 1 amide bonds. The van der Waals surface area contributed by atoms with Crippen LogP contribution >= 0.6 is 0 Å². The number of aromatic nitrogens is 3. The summed E-state index contributed by atoms with van der Waals surface area (Å²) in [5.41, 5.74) is 1.22. The molecule has 1 aliphatic rings. The first-order valence-electron chi connectivity index (χ1n) is 9.19. The molecule has 28 heavy (non-hydrogen) atoms. The number of amides is 1. The van der Waals surface area contributed by atoms with Crippen molar-refractivity contribution in [3.05, 3.63) is 66.3 Å². The zero-order valence-electron chi connectivity index (χ0n) is 15.2. The van der Waals surface area contributed by atoms with Gasteiger partial charge in [0, 0.05) is 24.8 Å². The Kier molecular flexibility index (Phi) is 5.41. The Bertz CT molecular complexity index is 916. The van der Waals surface area contributed by atoms with E-state index in [1.807, 2.05) is 35.2 Å². The topological polar surface area (TPSA) is 104 Å². The number of carbonyl (C=O) groups is 1. The lowest BCUT2D eigenvalue weighted by molar-refractivity contribution is 0.0319. The Morgan fingerprint density at radius 2 is 2.00 bits per heavy atom. The minimum atomic E-state index is -0.682. The molecular formula is C20H21N5O3. The summed E-state index contributed by atoms with van der Waals surface area (Å²) in [6, 6.07) is 14.4. The van der Waals surface area contributed by atoms with Gasteiger partial charge in [0.25, 0.3) is 5.91 Å². The standard InChI is InChI=1S/C20H21N5O3/c26-17-12-25(11-9-15(17)22-19(27)16-8-4-5-10-21-16)13-18-23-24-20(28-18)14-6-2-1-3-7-14/h1-8,10,15,17,26H,9,11-13H2,(H,22,27)/t15-,17-/m1/s1. The van der Waals surface area contributed by atoms with Crippen molar-refractivity contribution in [3.63, 3.8) is 0 Å². The number of β-amino-alcohol motifs (C(OH)–C–C–N with tert-alkyl or cyclic N) is 1. The van der Waals surface area contributed by atoms with E-state index in [4.69, 9.17) is 4.42 Å². The summed E-state index contributed by atoms with van der Waals surface area (Å²) < 4.78 is 5.73. The van der Waals surface area contributed by atoms with Crippen molar-refractivity contribution >= 4 is 5.91 Å². The molecule has 3 heterocycles. The number of likely N-dealkylation sites (tertiary alicyclic amines) is 1. The largest absolute Gasteiger partial charge is 0.419 e. The number of nitrogens with one attached hydrogen (secondary N) is 1. The molecule has 144 valence electrons. The highest BCUT2D eigenvalue weighted by atomic mass is 16.4. The number of piperidine rings is 1. The maximum atomic E-state index is 12.2. The Morgan fingerprint density at radius 1 is 1.18 bits per heavy atom. The highest BCUT2D eigenvalue weighted by molar-refractivity contribution is 5.92. The highest BCUT2D eigenvalue weighted by Gasteiger charge is 2.30. The average Bonchev–Trinajstić information content (AvgIpc) is 3.20. The van der Waals surface area contributed by atoms with Gasteiger partial charge in [0.1, 0.15) is 5.69 Å². The third-order valence-corrected chi connectivity index (χ3v) is 4.73. The van der Waals surface area contributed by atoms with E-state index in [0.717, 1.165) is 5.56 Å². The van der Waals surface area contributed by atoms with Crippen molar-refractivity contribution in [1.82, 2.24) is 25.4 Å². The lowest BCUT2D eigenvalue weighted by Gasteiger charge is -2.35. The fraction of sp³-hybridized carbons (Fsp3) is 0.300. The number of aliphatic hydroxyl groups is 1. The molecule has 4 rings (SSSR count). The molecule has 1 aliphatic heterocycles. The first-order valence-corrected chi connectivity index (χ1v) is 9.19. The number of pyridine rings is 1. The Hall–Kier alpha value is -3.10. The van der Waals surface area contributed by atoms with Crippen LogP contribution in [0, 0.1) is 0 Å². The molecule has 3 aromatic rings. The van der Waals surface area contributed by atoms with Crippen LogP contribution < -0.4 is 5.32 Å². The summed E-state index contributed by atoms with van der Waals surface area (Å²) in [4.78, 5) is 18.3. The maximum absolute atomic E-state index is 12.2. The van der Waals surface area contributed by atoms with Crippen molar-refractivity contribution in [1.29, 1.82) is 0 Å². The second-order valence-corrected chi connectivity index (χ2v) is 6.75. The van der Waals surface area contributed by atoms with E-state index in [2.05, 4.69) is 20.5 Å². The molecule has 8 heteroatoms. The number of benzene rings is 1. The van der Waals surface area contributed by atoms with E-state index in [-0.39, 0.29) is 11.9 Å². The molecule has 0 bridgehead atoms. The van der Waals surface area contributed by atoms with Crippen LogP contribution in [0.25, 0.3) is 11.5 Å². The van der Waals surface area contributed by atoms with Gasteiger partial charge in [-0.1, -0.05) is 24.3 Å². The second kappa shape index (κ2) is 8.28. The molecule has 2 N–H and O–H groups in total. The molecule has 0 radical (unpaired) electrons. The average molecular weight is 379 g/mol. The third-order valence-electron chi connectivity index (χ3n) is 4.73. The summed E-state index contributed by atoms with van der Waals surface area (Å²) in [6.45, 7) is 1.57. The van der Waals surface area contributed by atoms with Gasteiger partial charge in [-0.25, -0.2) is 0 Å². The van der Waals surface area contributed by atoms with Gasteiger partial charge in [-0.2, -0.15) is 0 Å². The number of aliphatic hydroxyl groups excluding tert-OH is 1. The van der Waals surface area contributed by atoms with Gasteiger partial charge < -0.3 is 14.8 Å². The van der Waals surface area contributed by atoms with Crippen LogP contribution in [0.15, 0.2) is 59.1 Å². The van der Waals surface area contributed by atoms with Gasteiger partial charge >= 0.3 is 0 Å². The molecule has 0 unspecified atom stereocenters. The van der Waals surface area contributed by atoms with Gasteiger partial charge in [-0.05, 0) is 30.7 Å². The van der Waals surface area contributed by atoms with E-state index in [1.54, 1.807) is 24.4 Å². The normalized spacial score (nSPS) is 20.0. The fourth-order valence-corrected chi connectivity index (χ4v) is 3.25. The fourth-order valence-electron chi connectivity index (χ4n) is 3.25. The van der Waals surface area contributed by atoms with Crippen LogP contribution in [0.3, 0.4) is 0 Å². The zero-order valence-corrected chi connectivity index (χ0v) is 15.2. The molecule has 0 aliphatic carbocycles. The molecule has 0 saturated carbocycles. The Morgan fingerprint density at radius 3 is 2.75 bits per heavy atom. The molecule has 1 saturated heterocycles. The van der Waals surface area contributed by atoms with Crippen LogP contribution in [0.2, 0.25) is 0 Å². The smallest absolute Gasteiger partial charge is 0.270 e. The van der Waals surface area contributed by atoms with Crippen molar-refractivity contribution < 1.29 is 14.3 Å². The van der Waals surface area contributed by atoms with Crippen LogP contribution in [-0.2, 0) is 6.54 Å². The lowest BCUT2D eigenvalue weighted by atomic mass is 10.0. The molecule has 2 aromatic heterocycles. The predicted octanol–water partition coefficient (Wildman–Crippen LogP) is 1.50. The van der Waals surface area contributed by atoms with E-state index in [9.17, 15) is 9.90 Å². The predicted molar refractivity (Wildman–Crippen MR) is 101 cm³/mol. The number of nitrogens with zero attached hydrogens (tertiary/aromatic N) is 4. The van der Waals surface area contributed by atoms with Crippen molar-refractivity contribution in [2.75, 3.05) is 13.1 Å². The number of carbonyl (C=O) groups excluding carboxylic acids is 1. The van der Waals surface area contributed by atoms with Gasteiger partial charge in [-0.3, -0.25) is 14.7 Å². The maximum Gasteiger partial charge on any atom is 0.270 e. The van der Waals surface area contributed by atoms with Crippen LogP contribution in [0.4, 0.5) is 0 Å². The molecule has 1 aromatic carbocycles. The first kappa shape index (κ1) is 18.3. The summed E-state index contributed by atoms with van der Waals surface area (Å²) >= 11 is 0. The van der Waals surface area contributed by atoms with Crippen LogP contribution in [-0.4, -0.2) is 56.3 Å². The zero-order chi connectivity index (χ0) is 19.3. The van der Waals surface area contributed by atoms with Crippen molar-refractivity contribution in [2.24, 2.45) is 0 Å². The second-order valence-electron chi connectivity index (χ2n) is 6.75. The van der Waals surface area contributed by atoms with Gasteiger partial charge in [0.05, 0.1) is 18.7 Å². The first-order chi connectivity index (χ1) is 13.7. The minimum absolute atomic E-state index is 0.275. The number of hydrogen-bond donors (Lipinski definition) is 2. The SMILES string of the molecule is O=C(N[C@@H]1CCN(Cc2nnc(-c3ccccc3)o2)C[C@H]1O)c1ccccn1. The van der Waals surface area contributed by atoms with Crippen molar-refractivity contribution in [2.45, 2.75) is 25.1 Å².